The third-order valence-electron chi connectivity index (χ3n) is 5.62. The zero-order chi connectivity index (χ0) is 15.6. The number of aliphatic hydroxyl groups excluding tert-OH is 1. The monoisotopic (exact) mass is 310 g/mol. The molecule has 1 aromatic carbocycles. The van der Waals surface area contributed by atoms with Gasteiger partial charge >= 0.3 is 0 Å². The first-order valence-corrected chi connectivity index (χ1v) is 8.91. The van der Waals surface area contributed by atoms with Crippen molar-refractivity contribution in [3.63, 3.8) is 0 Å². The van der Waals surface area contributed by atoms with Gasteiger partial charge < -0.3 is 10.0 Å². The second kappa shape index (κ2) is 6.50. The highest BCUT2D eigenvalue weighted by Crippen LogP contribution is 2.35. The molecular formula is C20H26N2O. The zero-order valence-corrected chi connectivity index (χ0v) is 13.7. The second-order valence-electron chi connectivity index (χ2n) is 6.97. The molecule has 0 spiro atoms. The van der Waals surface area contributed by atoms with E-state index in [-0.39, 0.29) is 6.10 Å². The molecule has 1 aromatic rings. The summed E-state index contributed by atoms with van der Waals surface area (Å²) in [5.74, 6) is 0. The van der Waals surface area contributed by atoms with Crippen LogP contribution < -0.4 is 4.90 Å². The minimum atomic E-state index is -0.209. The first-order chi connectivity index (χ1) is 11.3. The fraction of sp³-hybridized carbons (Fsp3) is 0.500. The second-order valence-corrected chi connectivity index (χ2v) is 6.97. The minimum absolute atomic E-state index is 0.209. The number of anilines is 1. The molecule has 1 N–H and O–H groups in total. The molecule has 0 aromatic heterocycles. The lowest BCUT2D eigenvalue weighted by Crippen LogP contribution is -2.54. The van der Waals surface area contributed by atoms with Gasteiger partial charge in [-0.25, -0.2) is 0 Å². The van der Waals surface area contributed by atoms with E-state index in [1.165, 1.54) is 24.1 Å². The van der Waals surface area contributed by atoms with Gasteiger partial charge in [0, 0.05) is 37.9 Å². The summed E-state index contributed by atoms with van der Waals surface area (Å²) in [4.78, 5) is 4.98. The SMILES string of the molecule is O[C@@H]1CC2=C(CCC=C2)C[C@H]1N1CCN(c2ccccc2)CC1. The van der Waals surface area contributed by atoms with Gasteiger partial charge in [0.1, 0.15) is 0 Å². The number of nitrogens with zero attached hydrogens (tertiary/aromatic N) is 2. The van der Waals surface area contributed by atoms with Crippen molar-refractivity contribution in [1.82, 2.24) is 4.90 Å². The Labute approximate surface area is 138 Å². The molecule has 122 valence electrons. The van der Waals surface area contributed by atoms with E-state index in [1.54, 1.807) is 5.57 Å². The van der Waals surface area contributed by atoms with Crippen LogP contribution in [0.2, 0.25) is 0 Å². The topological polar surface area (TPSA) is 26.7 Å². The van der Waals surface area contributed by atoms with Gasteiger partial charge in [-0.15, -0.1) is 0 Å². The van der Waals surface area contributed by atoms with Crippen molar-refractivity contribution in [1.29, 1.82) is 0 Å². The van der Waals surface area contributed by atoms with Crippen molar-refractivity contribution in [3.05, 3.63) is 53.6 Å². The number of benzene rings is 1. The molecule has 2 aliphatic carbocycles. The van der Waals surface area contributed by atoms with E-state index in [0.717, 1.165) is 39.0 Å². The molecular weight excluding hydrogens is 284 g/mol. The molecule has 0 radical (unpaired) electrons. The molecule has 3 nitrogen and oxygen atoms in total. The van der Waals surface area contributed by atoms with Crippen LogP contribution in [0.3, 0.4) is 0 Å². The summed E-state index contributed by atoms with van der Waals surface area (Å²) in [6, 6.07) is 11.0. The van der Waals surface area contributed by atoms with Crippen LogP contribution in [-0.4, -0.2) is 48.3 Å². The Kier molecular flexibility index (Phi) is 4.23. The lowest BCUT2D eigenvalue weighted by atomic mass is 9.81. The fourth-order valence-corrected chi connectivity index (χ4v) is 4.28. The van der Waals surface area contributed by atoms with Crippen LogP contribution in [0.15, 0.2) is 53.6 Å². The standard InChI is InChI=1S/C20H26N2O/c23-20-15-17-7-5-4-6-16(17)14-19(20)22-12-10-21(11-13-22)18-8-2-1-3-9-18/h1-3,5,7-9,19-20,23H,4,6,10-15H2/t19-,20-/m1/s1. The van der Waals surface area contributed by atoms with Crippen molar-refractivity contribution < 1.29 is 5.11 Å². The summed E-state index contributed by atoms with van der Waals surface area (Å²) in [5, 5.41) is 10.6. The molecule has 2 atom stereocenters. The van der Waals surface area contributed by atoms with Gasteiger partial charge in [-0.05, 0) is 43.4 Å². The molecule has 3 aliphatic rings. The van der Waals surface area contributed by atoms with Gasteiger partial charge in [0.15, 0.2) is 0 Å². The van der Waals surface area contributed by atoms with Gasteiger partial charge in [-0.3, -0.25) is 4.90 Å². The molecule has 1 heterocycles. The highest BCUT2D eigenvalue weighted by atomic mass is 16.3. The van der Waals surface area contributed by atoms with Crippen molar-refractivity contribution >= 4 is 5.69 Å². The van der Waals surface area contributed by atoms with Crippen LogP contribution in [0.5, 0.6) is 0 Å². The quantitative estimate of drug-likeness (QED) is 0.910. The van der Waals surface area contributed by atoms with E-state index in [2.05, 4.69) is 52.3 Å². The molecule has 0 unspecified atom stereocenters. The number of hydrogen-bond acceptors (Lipinski definition) is 3. The number of hydrogen-bond donors (Lipinski definition) is 1. The third-order valence-corrected chi connectivity index (χ3v) is 5.62. The number of allylic oxidation sites excluding steroid dienone is 2. The largest absolute Gasteiger partial charge is 0.391 e. The van der Waals surface area contributed by atoms with Gasteiger partial charge in [-0.2, -0.15) is 0 Å². The van der Waals surface area contributed by atoms with E-state index in [9.17, 15) is 5.11 Å². The Balaban J connectivity index is 1.41. The summed E-state index contributed by atoms with van der Waals surface area (Å²) in [6.45, 7) is 4.21. The van der Waals surface area contributed by atoms with Crippen LogP contribution in [-0.2, 0) is 0 Å². The van der Waals surface area contributed by atoms with E-state index in [0.29, 0.717) is 6.04 Å². The normalized spacial score (nSPS) is 28.8. The highest BCUT2D eigenvalue weighted by molar-refractivity contribution is 5.46. The Morgan fingerprint density at radius 3 is 2.52 bits per heavy atom. The molecule has 4 rings (SSSR count). The molecule has 1 saturated heterocycles. The first kappa shape index (κ1) is 15.0. The average molecular weight is 310 g/mol. The van der Waals surface area contributed by atoms with E-state index >= 15 is 0 Å². The summed E-state index contributed by atoms with van der Waals surface area (Å²) in [7, 11) is 0. The summed E-state index contributed by atoms with van der Waals surface area (Å²) >= 11 is 0. The van der Waals surface area contributed by atoms with Gasteiger partial charge in [0.05, 0.1) is 6.10 Å². The Morgan fingerprint density at radius 2 is 1.74 bits per heavy atom. The number of aliphatic hydroxyl groups is 1. The van der Waals surface area contributed by atoms with Gasteiger partial charge in [0.25, 0.3) is 0 Å². The van der Waals surface area contributed by atoms with Crippen LogP contribution in [0.1, 0.15) is 25.7 Å². The summed E-state index contributed by atoms with van der Waals surface area (Å²) < 4.78 is 0. The van der Waals surface area contributed by atoms with Crippen molar-refractivity contribution in [2.24, 2.45) is 0 Å². The predicted octanol–water partition coefficient (Wildman–Crippen LogP) is 2.98. The van der Waals surface area contributed by atoms with Crippen LogP contribution >= 0.6 is 0 Å². The van der Waals surface area contributed by atoms with E-state index in [4.69, 9.17) is 0 Å². The maximum Gasteiger partial charge on any atom is 0.0738 e. The Morgan fingerprint density at radius 1 is 0.957 bits per heavy atom. The lowest BCUT2D eigenvalue weighted by molar-refractivity contribution is 0.0396. The number of rotatable bonds is 2. The minimum Gasteiger partial charge on any atom is -0.391 e. The number of piperazine rings is 1. The Hall–Kier alpha value is -1.58. The molecule has 1 fully saturated rings. The fourth-order valence-electron chi connectivity index (χ4n) is 4.28. The Bertz CT molecular complexity index is 599. The van der Waals surface area contributed by atoms with Gasteiger partial charge in [-0.1, -0.05) is 35.9 Å². The predicted molar refractivity (Wildman–Crippen MR) is 94.7 cm³/mol. The van der Waals surface area contributed by atoms with E-state index < -0.39 is 0 Å². The number of para-hydroxylation sites is 1. The molecule has 23 heavy (non-hydrogen) atoms. The van der Waals surface area contributed by atoms with Crippen molar-refractivity contribution in [3.8, 4) is 0 Å². The molecule has 0 bridgehead atoms. The average Bonchev–Trinajstić information content (AvgIpc) is 2.62. The van der Waals surface area contributed by atoms with E-state index in [1.807, 2.05) is 0 Å². The molecule has 0 amide bonds. The smallest absolute Gasteiger partial charge is 0.0738 e. The van der Waals surface area contributed by atoms with Crippen molar-refractivity contribution in [2.75, 3.05) is 31.1 Å². The lowest BCUT2D eigenvalue weighted by Gasteiger charge is -2.44. The zero-order valence-electron chi connectivity index (χ0n) is 13.7. The molecule has 0 saturated carbocycles. The van der Waals surface area contributed by atoms with Gasteiger partial charge in [0.2, 0.25) is 0 Å². The third kappa shape index (κ3) is 3.08. The maximum absolute atomic E-state index is 10.6. The summed E-state index contributed by atoms with van der Waals surface area (Å²) in [5.41, 5.74) is 4.31. The van der Waals surface area contributed by atoms with Crippen molar-refractivity contribution in [2.45, 2.75) is 37.8 Å². The van der Waals surface area contributed by atoms with Crippen LogP contribution in [0.25, 0.3) is 0 Å². The maximum atomic E-state index is 10.6. The first-order valence-electron chi connectivity index (χ1n) is 8.91. The molecule has 3 heteroatoms. The summed E-state index contributed by atoms with van der Waals surface area (Å²) in [6.07, 6.45) is 8.56. The molecule has 1 aliphatic heterocycles. The van der Waals surface area contributed by atoms with Crippen LogP contribution in [0.4, 0.5) is 5.69 Å². The van der Waals surface area contributed by atoms with Crippen LogP contribution in [0, 0.1) is 0 Å². The highest BCUT2D eigenvalue weighted by Gasteiger charge is 2.34.